The van der Waals surface area contributed by atoms with E-state index in [4.69, 9.17) is 4.74 Å². The van der Waals surface area contributed by atoms with Gasteiger partial charge in [-0.3, -0.25) is 4.79 Å². The van der Waals surface area contributed by atoms with Crippen LogP contribution >= 0.6 is 15.9 Å². The summed E-state index contributed by atoms with van der Waals surface area (Å²) in [5.74, 6) is -0.267. The number of nitrogens with zero attached hydrogens (tertiary/aromatic N) is 1. The number of nitrogens with one attached hydrogen (secondary N) is 1. The quantitative estimate of drug-likeness (QED) is 0.880. The van der Waals surface area contributed by atoms with E-state index < -0.39 is 11.5 Å². The normalized spacial score (nSPS) is 10.2. The van der Waals surface area contributed by atoms with Crippen LogP contribution in [0.4, 0.5) is 0 Å². The third-order valence-corrected chi connectivity index (χ3v) is 2.89. The fraction of sp³-hybridized carbons (Fsp3) is 0.154. The molecule has 0 saturated heterocycles. The molecule has 2 aromatic rings. The predicted molar refractivity (Wildman–Crippen MR) is 74.0 cm³/mol. The third kappa shape index (κ3) is 3.08. The largest absolute Gasteiger partial charge is 0.462 e. The molecule has 1 aromatic heterocycles. The Balaban J connectivity index is 2.39. The highest BCUT2D eigenvalue weighted by Gasteiger charge is 2.13. The summed E-state index contributed by atoms with van der Waals surface area (Å²) in [6.45, 7) is 1.89. The van der Waals surface area contributed by atoms with Gasteiger partial charge in [0, 0.05) is 16.2 Å². The number of H-pyrrole nitrogens is 1. The molecule has 0 aliphatic heterocycles. The molecule has 0 radical (unpaired) electrons. The van der Waals surface area contributed by atoms with E-state index in [2.05, 4.69) is 25.9 Å². The number of halogens is 1. The van der Waals surface area contributed by atoms with Gasteiger partial charge in [-0.15, -0.1) is 0 Å². The van der Waals surface area contributed by atoms with E-state index in [0.717, 1.165) is 10.0 Å². The summed E-state index contributed by atoms with van der Waals surface area (Å²) >= 11 is 3.34. The molecule has 0 bridgehead atoms. The Bertz CT molecular complexity index is 667. The molecule has 0 saturated carbocycles. The topological polar surface area (TPSA) is 72.0 Å². The third-order valence-electron chi connectivity index (χ3n) is 2.39. The van der Waals surface area contributed by atoms with Gasteiger partial charge in [0.2, 0.25) is 0 Å². The highest BCUT2D eigenvalue weighted by molar-refractivity contribution is 9.10. The number of aromatic amines is 1. The predicted octanol–water partition coefficient (Wildman–Crippen LogP) is 2.38. The molecule has 0 amide bonds. The fourth-order valence-corrected chi connectivity index (χ4v) is 1.93. The molecule has 0 aliphatic rings. The Hall–Kier alpha value is -1.95. The van der Waals surface area contributed by atoms with Crippen LogP contribution in [0.5, 0.6) is 0 Å². The van der Waals surface area contributed by atoms with Crippen LogP contribution in [0, 0.1) is 0 Å². The Morgan fingerprint density at radius 1 is 1.47 bits per heavy atom. The Labute approximate surface area is 117 Å². The number of hydrogen-bond donors (Lipinski definition) is 1. The van der Waals surface area contributed by atoms with Crippen LogP contribution < -0.4 is 5.56 Å². The van der Waals surface area contributed by atoms with Crippen LogP contribution in [0.15, 0.2) is 39.7 Å². The van der Waals surface area contributed by atoms with Crippen molar-refractivity contribution in [3.05, 3.63) is 50.9 Å². The van der Waals surface area contributed by atoms with E-state index in [1.807, 2.05) is 24.3 Å². The van der Waals surface area contributed by atoms with E-state index in [9.17, 15) is 9.59 Å². The average molecular weight is 323 g/mol. The highest BCUT2D eigenvalue weighted by Crippen LogP contribution is 2.18. The smallest absolute Gasteiger partial charge is 0.345 e. The summed E-state index contributed by atoms with van der Waals surface area (Å²) in [7, 11) is 0. The van der Waals surface area contributed by atoms with E-state index in [0.29, 0.717) is 5.82 Å². The fourth-order valence-electron chi connectivity index (χ4n) is 1.53. The molecule has 19 heavy (non-hydrogen) atoms. The molecule has 0 fully saturated rings. The van der Waals surface area contributed by atoms with Gasteiger partial charge in [0.25, 0.3) is 5.56 Å². The summed E-state index contributed by atoms with van der Waals surface area (Å²) in [5, 5.41) is 0. The molecular weight excluding hydrogens is 312 g/mol. The number of esters is 1. The van der Waals surface area contributed by atoms with E-state index >= 15 is 0 Å². The Kier molecular flexibility index (Phi) is 4.11. The zero-order valence-electron chi connectivity index (χ0n) is 10.1. The molecule has 0 atom stereocenters. The van der Waals surface area contributed by atoms with E-state index in [1.54, 1.807) is 6.92 Å². The summed E-state index contributed by atoms with van der Waals surface area (Å²) in [4.78, 5) is 29.9. The molecule has 1 aromatic carbocycles. The monoisotopic (exact) mass is 322 g/mol. The summed E-state index contributed by atoms with van der Waals surface area (Å²) in [6.07, 6.45) is 1.23. The minimum Gasteiger partial charge on any atom is -0.462 e. The van der Waals surface area contributed by atoms with Crippen LogP contribution in [0.25, 0.3) is 11.4 Å². The molecule has 0 aliphatic carbocycles. The second-order valence-electron chi connectivity index (χ2n) is 3.71. The molecule has 0 unspecified atom stereocenters. The van der Waals surface area contributed by atoms with Gasteiger partial charge in [0.1, 0.15) is 11.4 Å². The minimum absolute atomic E-state index is 0.0967. The van der Waals surface area contributed by atoms with Crippen LogP contribution in [-0.4, -0.2) is 22.5 Å². The van der Waals surface area contributed by atoms with Gasteiger partial charge in [-0.05, 0) is 19.1 Å². The molecule has 98 valence electrons. The van der Waals surface area contributed by atoms with Crippen molar-refractivity contribution in [1.82, 2.24) is 9.97 Å². The number of ether oxygens (including phenoxy) is 1. The lowest BCUT2D eigenvalue weighted by molar-refractivity contribution is 0.0524. The maximum Gasteiger partial charge on any atom is 0.345 e. The van der Waals surface area contributed by atoms with Crippen LogP contribution in [-0.2, 0) is 4.74 Å². The Morgan fingerprint density at radius 3 is 2.89 bits per heavy atom. The lowest BCUT2D eigenvalue weighted by Gasteiger charge is -2.03. The number of benzene rings is 1. The van der Waals surface area contributed by atoms with Crippen molar-refractivity contribution in [1.29, 1.82) is 0 Å². The molecule has 1 heterocycles. The van der Waals surface area contributed by atoms with Crippen molar-refractivity contribution in [3.63, 3.8) is 0 Å². The van der Waals surface area contributed by atoms with Gasteiger partial charge in [0.05, 0.1) is 6.61 Å². The summed E-state index contributed by atoms with van der Waals surface area (Å²) in [5.41, 5.74) is 0.144. The lowest BCUT2D eigenvalue weighted by Crippen LogP contribution is -2.20. The maximum absolute atomic E-state index is 11.8. The number of hydrogen-bond acceptors (Lipinski definition) is 4. The second-order valence-corrected chi connectivity index (χ2v) is 4.62. The van der Waals surface area contributed by atoms with Gasteiger partial charge >= 0.3 is 5.97 Å². The van der Waals surface area contributed by atoms with E-state index in [-0.39, 0.29) is 12.2 Å². The van der Waals surface area contributed by atoms with E-state index in [1.165, 1.54) is 6.20 Å². The molecular formula is C13H11BrN2O3. The van der Waals surface area contributed by atoms with Crippen molar-refractivity contribution in [2.75, 3.05) is 6.61 Å². The first-order chi connectivity index (χ1) is 9.11. The van der Waals surface area contributed by atoms with Gasteiger partial charge in [0.15, 0.2) is 0 Å². The van der Waals surface area contributed by atoms with Gasteiger partial charge in [-0.1, -0.05) is 28.1 Å². The summed E-state index contributed by atoms with van der Waals surface area (Å²) in [6, 6.07) is 7.34. The van der Waals surface area contributed by atoms with Gasteiger partial charge in [-0.2, -0.15) is 0 Å². The van der Waals surface area contributed by atoms with Crippen LogP contribution in [0.3, 0.4) is 0 Å². The number of carbonyl (C=O) groups is 1. The van der Waals surface area contributed by atoms with Crippen molar-refractivity contribution >= 4 is 21.9 Å². The van der Waals surface area contributed by atoms with Crippen LogP contribution in [0.1, 0.15) is 17.3 Å². The Morgan fingerprint density at radius 2 is 2.26 bits per heavy atom. The standard InChI is InChI=1S/C13H11BrN2O3/c1-2-19-13(18)10-7-15-11(16-12(10)17)8-4-3-5-9(14)6-8/h3-7H,2H2,1H3,(H,15,16,17). The first kappa shape index (κ1) is 13.5. The molecule has 6 heteroatoms. The first-order valence-corrected chi connectivity index (χ1v) is 6.43. The second kappa shape index (κ2) is 5.79. The summed E-state index contributed by atoms with van der Waals surface area (Å²) < 4.78 is 5.64. The number of rotatable bonds is 3. The zero-order valence-corrected chi connectivity index (χ0v) is 11.7. The molecule has 5 nitrogen and oxygen atoms in total. The van der Waals surface area contributed by atoms with Crippen LogP contribution in [0.2, 0.25) is 0 Å². The lowest BCUT2D eigenvalue weighted by atomic mass is 10.2. The first-order valence-electron chi connectivity index (χ1n) is 5.64. The van der Waals surface area contributed by atoms with Crippen molar-refractivity contribution in [2.24, 2.45) is 0 Å². The maximum atomic E-state index is 11.8. The van der Waals surface area contributed by atoms with Crippen molar-refractivity contribution in [2.45, 2.75) is 6.92 Å². The number of carbonyl (C=O) groups excluding carboxylic acids is 1. The minimum atomic E-state index is -0.669. The zero-order chi connectivity index (χ0) is 13.8. The van der Waals surface area contributed by atoms with Gasteiger partial charge < -0.3 is 9.72 Å². The SMILES string of the molecule is CCOC(=O)c1cnc(-c2cccc(Br)c2)[nH]c1=O. The van der Waals surface area contributed by atoms with Crippen molar-refractivity contribution in [3.8, 4) is 11.4 Å². The highest BCUT2D eigenvalue weighted by atomic mass is 79.9. The molecule has 2 rings (SSSR count). The van der Waals surface area contributed by atoms with Gasteiger partial charge in [-0.25, -0.2) is 9.78 Å². The molecule has 0 spiro atoms. The average Bonchev–Trinajstić information content (AvgIpc) is 2.38. The molecule has 1 N–H and O–H groups in total. The number of aromatic nitrogens is 2. The van der Waals surface area contributed by atoms with Crippen molar-refractivity contribution < 1.29 is 9.53 Å².